The van der Waals surface area contributed by atoms with Crippen LogP contribution in [0.25, 0.3) is 27.9 Å². The number of amides is 1. The van der Waals surface area contributed by atoms with Crippen LogP contribution in [0.3, 0.4) is 0 Å². The van der Waals surface area contributed by atoms with Crippen LogP contribution in [0, 0.1) is 5.92 Å². The van der Waals surface area contributed by atoms with Gasteiger partial charge in [-0.2, -0.15) is 10.2 Å². The summed E-state index contributed by atoms with van der Waals surface area (Å²) in [4.78, 5) is 16.2. The fourth-order valence-electron chi connectivity index (χ4n) is 3.05. The molecule has 3 aromatic rings. The van der Waals surface area contributed by atoms with Crippen molar-refractivity contribution in [2.75, 3.05) is 0 Å². The second-order valence-corrected chi connectivity index (χ2v) is 6.72. The van der Waals surface area contributed by atoms with Gasteiger partial charge in [-0.25, -0.2) is 4.98 Å². The zero-order valence-corrected chi connectivity index (χ0v) is 14.7. The topological polar surface area (TPSA) is 99.3 Å². The molecule has 1 amide bonds. The highest BCUT2D eigenvalue weighted by molar-refractivity contribution is 5.93. The first-order valence-electron chi connectivity index (χ1n) is 8.64. The van der Waals surface area contributed by atoms with E-state index in [4.69, 9.17) is 0 Å². The molecule has 4 rings (SSSR count). The lowest BCUT2D eigenvalue weighted by atomic mass is 9.95. The lowest BCUT2D eigenvalue weighted by Crippen LogP contribution is -2.36. The second-order valence-electron chi connectivity index (χ2n) is 6.72. The molecule has 1 aromatic carbocycles. The second kappa shape index (κ2) is 6.59. The molecule has 132 valence electrons. The summed E-state index contributed by atoms with van der Waals surface area (Å²) >= 11 is 0. The summed E-state index contributed by atoms with van der Waals surface area (Å²) in [6.07, 6.45) is 8.24. The van der Waals surface area contributed by atoms with Gasteiger partial charge in [-0.3, -0.25) is 15.0 Å². The van der Waals surface area contributed by atoms with E-state index in [-0.39, 0.29) is 17.9 Å². The van der Waals surface area contributed by atoms with Gasteiger partial charge in [0.05, 0.1) is 17.3 Å². The van der Waals surface area contributed by atoms with Crippen molar-refractivity contribution in [1.82, 2.24) is 30.7 Å². The average Bonchev–Trinajstić information content (AvgIpc) is 3.31. The fourth-order valence-corrected chi connectivity index (χ4v) is 3.05. The van der Waals surface area contributed by atoms with Crippen LogP contribution in [0.1, 0.15) is 26.0 Å². The number of aromatic amines is 2. The molecular weight excluding hydrogens is 328 g/mol. The SMILES string of the molecule is CC(C)C(=O)NC1C=CC=C(c2n[nH]c3ccc(-c4ncn[nH]4)cc23)C1. The van der Waals surface area contributed by atoms with Crippen LogP contribution in [0.4, 0.5) is 0 Å². The number of carbonyl (C=O) groups excluding carboxylic acids is 1. The number of benzene rings is 1. The molecule has 1 atom stereocenters. The maximum atomic E-state index is 12.0. The van der Waals surface area contributed by atoms with E-state index < -0.39 is 0 Å². The summed E-state index contributed by atoms with van der Waals surface area (Å²) in [5.74, 6) is 0.743. The quantitative estimate of drug-likeness (QED) is 0.675. The molecule has 0 aliphatic heterocycles. The van der Waals surface area contributed by atoms with Crippen molar-refractivity contribution < 1.29 is 4.79 Å². The van der Waals surface area contributed by atoms with Crippen molar-refractivity contribution in [2.45, 2.75) is 26.3 Å². The summed E-state index contributed by atoms with van der Waals surface area (Å²) in [5.41, 5.74) is 3.90. The van der Waals surface area contributed by atoms with Crippen molar-refractivity contribution in [2.24, 2.45) is 5.92 Å². The molecule has 2 aromatic heterocycles. The highest BCUT2D eigenvalue weighted by Crippen LogP contribution is 2.30. The number of allylic oxidation sites excluding steroid dienone is 2. The molecule has 7 nitrogen and oxygen atoms in total. The van der Waals surface area contributed by atoms with Gasteiger partial charge in [0, 0.05) is 16.9 Å². The van der Waals surface area contributed by atoms with Crippen molar-refractivity contribution in [1.29, 1.82) is 0 Å². The molecule has 0 saturated carbocycles. The number of rotatable bonds is 4. The van der Waals surface area contributed by atoms with Gasteiger partial charge in [-0.15, -0.1) is 0 Å². The zero-order valence-electron chi connectivity index (χ0n) is 14.7. The summed E-state index contributed by atoms with van der Waals surface area (Å²) in [7, 11) is 0. The Morgan fingerprint density at radius 1 is 1.31 bits per heavy atom. The van der Waals surface area contributed by atoms with Crippen LogP contribution in [0.2, 0.25) is 0 Å². The maximum Gasteiger partial charge on any atom is 0.223 e. The smallest absolute Gasteiger partial charge is 0.223 e. The minimum Gasteiger partial charge on any atom is -0.349 e. The number of hydrogen-bond acceptors (Lipinski definition) is 4. The minimum atomic E-state index is -0.0339. The Morgan fingerprint density at radius 2 is 2.19 bits per heavy atom. The van der Waals surface area contributed by atoms with Crippen LogP contribution in [0.5, 0.6) is 0 Å². The average molecular weight is 348 g/mol. The standard InChI is InChI=1S/C19H20N6O/c1-11(2)19(26)22-14-5-3-4-12(8-14)17-15-9-13(18-20-10-21-25-18)6-7-16(15)23-24-17/h3-7,9-11,14H,8H2,1-2H3,(H,22,26)(H,23,24)(H,20,21,25). The first-order chi connectivity index (χ1) is 12.6. The summed E-state index contributed by atoms with van der Waals surface area (Å²) in [6, 6.07) is 6.00. The van der Waals surface area contributed by atoms with Gasteiger partial charge in [0.25, 0.3) is 0 Å². The van der Waals surface area contributed by atoms with Crippen LogP contribution in [-0.2, 0) is 4.79 Å². The highest BCUT2D eigenvalue weighted by Gasteiger charge is 2.20. The Labute approximate surface area is 150 Å². The molecule has 2 heterocycles. The largest absolute Gasteiger partial charge is 0.349 e. The minimum absolute atomic E-state index is 0.0193. The van der Waals surface area contributed by atoms with Gasteiger partial charge in [-0.1, -0.05) is 32.1 Å². The molecule has 0 saturated heterocycles. The molecule has 0 spiro atoms. The lowest BCUT2D eigenvalue weighted by Gasteiger charge is -2.20. The van der Waals surface area contributed by atoms with Crippen LogP contribution in [0.15, 0.2) is 42.8 Å². The van der Waals surface area contributed by atoms with E-state index in [9.17, 15) is 4.79 Å². The number of nitrogens with one attached hydrogen (secondary N) is 3. The molecule has 26 heavy (non-hydrogen) atoms. The number of nitrogens with zero attached hydrogens (tertiary/aromatic N) is 3. The van der Waals surface area contributed by atoms with Gasteiger partial charge < -0.3 is 5.32 Å². The highest BCUT2D eigenvalue weighted by atomic mass is 16.1. The Hall–Kier alpha value is -3.22. The number of hydrogen-bond donors (Lipinski definition) is 3. The van der Waals surface area contributed by atoms with E-state index in [0.29, 0.717) is 6.42 Å². The van der Waals surface area contributed by atoms with Gasteiger partial charge >= 0.3 is 0 Å². The van der Waals surface area contributed by atoms with Crippen molar-refractivity contribution in [3.05, 3.63) is 48.4 Å². The molecule has 3 N–H and O–H groups in total. The van der Waals surface area contributed by atoms with Crippen molar-refractivity contribution in [3.8, 4) is 11.4 Å². The molecular formula is C19H20N6O. The van der Waals surface area contributed by atoms with Crippen LogP contribution >= 0.6 is 0 Å². The predicted molar refractivity (Wildman–Crippen MR) is 100.0 cm³/mol. The first kappa shape index (κ1) is 16.3. The summed E-state index contributed by atoms with van der Waals surface area (Å²) < 4.78 is 0. The van der Waals surface area contributed by atoms with Crippen molar-refractivity contribution in [3.63, 3.8) is 0 Å². The monoisotopic (exact) mass is 348 g/mol. The Kier molecular flexibility index (Phi) is 4.12. The molecule has 1 unspecified atom stereocenters. The molecule has 0 radical (unpaired) electrons. The third-order valence-electron chi connectivity index (χ3n) is 4.49. The van der Waals surface area contributed by atoms with E-state index in [1.165, 1.54) is 6.33 Å². The molecule has 1 aliphatic rings. The molecule has 0 fully saturated rings. The molecule has 0 bridgehead atoms. The lowest BCUT2D eigenvalue weighted by molar-refractivity contribution is -0.124. The third kappa shape index (κ3) is 3.03. The van der Waals surface area contributed by atoms with Gasteiger partial charge in [0.15, 0.2) is 5.82 Å². The van der Waals surface area contributed by atoms with Crippen molar-refractivity contribution >= 4 is 22.4 Å². The van der Waals surface area contributed by atoms with Crippen LogP contribution in [-0.4, -0.2) is 37.3 Å². The molecule has 7 heteroatoms. The Morgan fingerprint density at radius 3 is 2.96 bits per heavy atom. The van der Waals surface area contributed by atoms with Gasteiger partial charge in [-0.05, 0) is 30.2 Å². The summed E-state index contributed by atoms with van der Waals surface area (Å²) in [5, 5.41) is 18.5. The van der Waals surface area contributed by atoms with E-state index in [2.05, 4.69) is 42.8 Å². The molecule has 1 aliphatic carbocycles. The zero-order chi connectivity index (χ0) is 18.1. The summed E-state index contributed by atoms with van der Waals surface area (Å²) in [6.45, 7) is 3.79. The normalized spacial score (nSPS) is 16.9. The predicted octanol–water partition coefficient (Wildman–Crippen LogP) is 2.83. The number of fused-ring (bicyclic) bond motifs is 1. The Balaban J connectivity index is 1.64. The van der Waals surface area contributed by atoms with Crippen LogP contribution < -0.4 is 5.32 Å². The van der Waals surface area contributed by atoms with Gasteiger partial charge in [0.1, 0.15) is 6.33 Å². The number of H-pyrrole nitrogens is 2. The third-order valence-corrected chi connectivity index (χ3v) is 4.49. The fraction of sp³-hybridized carbons (Fsp3) is 0.263. The van der Waals surface area contributed by atoms with E-state index in [0.717, 1.165) is 33.6 Å². The van der Waals surface area contributed by atoms with E-state index in [1.807, 2.05) is 38.1 Å². The van der Waals surface area contributed by atoms with Gasteiger partial charge in [0.2, 0.25) is 5.91 Å². The maximum absolute atomic E-state index is 12.0. The van der Waals surface area contributed by atoms with E-state index in [1.54, 1.807) is 0 Å². The Bertz CT molecular complexity index is 996. The number of aromatic nitrogens is 5. The van der Waals surface area contributed by atoms with E-state index >= 15 is 0 Å². The first-order valence-corrected chi connectivity index (χ1v) is 8.64. The number of carbonyl (C=O) groups is 1.